The number of fused-ring (bicyclic) bond motifs is 1. The maximum atomic E-state index is 11.9. The molecule has 128 valence electrons. The van der Waals surface area contributed by atoms with E-state index in [2.05, 4.69) is 10.6 Å². The summed E-state index contributed by atoms with van der Waals surface area (Å²) in [6, 6.07) is 7.43. The van der Waals surface area contributed by atoms with Gasteiger partial charge in [0.05, 0.1) is 11.8 Å². The number of carbonyl (C=O) groups is 2. The van der Waals surface area contributed by atoms with Crippen molar-refractivity contribution in [3.63, 3.8) is 0 Å². The Kier molecular flexibility index (Phi) is 4.21. The number of rotatable bonds is 4. The van der Waals surface area contributed by atoms with Crippen LogP contribution in [-0.4, -0.2) is 22.8 Å². The van der Waals surface area contributed by atoms with Gasteiger partial charge < -0.3 is 19.8 Å². The van der Waals surface area contributed by atoms with Crippen molar-refractivity contribution in [1.82, 2.24) is 0 Å². The van der Waals surface area contributed by atoms with Crippen molar-refractivity contribution < 1.29 is 23.7 Å². The molecule has 3 rings (SSSR count). The number of hydrogen-bond donors (Lipinski definition) is 2. The predicted octanol–water partition coefficient (Wildman–Crippen LogP) is 2.56. The summed E-state index contributed by atoms with van der Waals surface area (Å²) in [6.45, 7) is 1.64. The van der Waals surface area contributed by atoms with Gasteiger partial charge in [-0.1, -0.05) is 0 Å². The molecule has 0 bridgehead atoms. The smallest absolute Gasteiger partial charge is 0.433 e. The van der Waals surface area contributed by atoms with Crippen molar-refractivity contribution in [2.24, 2.45) is 0 Å². The molecule has 0 radical (unpaired) electrons. The van der Waals surface area contributed by atoms with Gasteiger partial charge in [-0.3, -0.25) is 19.7 Å². The highest BCUT2D eigenvalue weighted by Gasteiger charge is 2.23. The summed E-state index contributed by atoms with van der Waals surface area (Å²) >= 11 is 0. The molecule has 1 aromatic carbocycles. The molecule has 9 heteroatoms. The maximum Gasteiger partial charge on any atom is 0.433 e. The Morgan fingerprint density at radius 3 is 2.88 bits per heavy atom. The van der Waals surface area contributed by atoms with E-state index in [1.807, 2.05) is 0 Å². The van der Waals surface area contributed by atoms with Gasteiger partial charge in [-0.05, 0) is 37.3 Å². The van der Waals surface area contributed by atoms with E-state index in [9.17, 15) is 19.7 Å². The number of nitrogens with zero attached hydrogens (tertiary/aromatic N) is 1. The van der Waals surface area contributed by atoms with Crippen LogP contribution in [0.1, 0.15) is 12.7 Å². The van der Waals surface area contributed by atoms with Gasteiger partial charge in [-0.2, -0.15) is 0 Å². The fourth-order valence-corrected chi connectivity index (χ4v) is 2.16. The van der Waals surface area contributed by atoms with Gasteiger partial charge in [0.15, 0.2) is 6.10 Å². The van der Waals surface area contributed by atoms with Gasteiger partial charge in [-0.15, -0.1) is 0 Å². The van der Waals surface area contributed by atoms with Crippen LogP contribution in [0.25, 0.3) is 6.08 Å². The Labute approximate surface area is 141 Å². The highest BCUT2D eigenvalue weighted by molar-refractivity contribution is 6.03. The summed E-state index contributed by atoms with van der Waals surface area (Å²) in [6.07, 6.45) is 1.92. The Morgan fingerprint density at radius 2 is 2.16 bits per heavy atom. The molecule has 1 aromatic heterocycles. The third-order valence-electron chi connectivity index (χ3n) is 3.37. The Balaban J connectivity index is 1.66. The number of hydrogen-bond acceptors (Lipinski definition) is 6. The van der Waals surface area contributed by atoms with Gasteiger partial charge in [-0.25, -0.2) is 0 Å². The van der Waals surface area contributed by atoms with E-state index >= 15 is 0 Å². The lowest BCUT2D eigenvalue weighted by Crippen LogP contribution is -2.34. The second-order valence-corrected chi connectivity index (χ2v) is 5.22. The van der Waals surface area contributed by atoms with Crippen LogP contribution in [0.15, 0.2) is 40.8 Å². The van der Waals surface area contributed by atoms with E-state index in [0.29, 0.717) is 17.1 Å². The fraction of sp³-hybridized carbons (Fsp3) is 0.125. The Morgan fingerprint density at radius 1 is 1.36 bits per heavy atom. The molecular weight excluding hydrogens is 330 g/mol. The third kappa shape index (κ3) is 3.66. The molecule has 0 spiro atoms. The lowest BCUT2D eigenvalue weighted by atomic mass is 10.2. The zero-order chi connectivity index (χ0) is 18.0. The van der Waals surface area contributed by atoms with Crippen LogP contribution in [0.5, 0.6) is 5.75 Å². The minimum atomic E-state index is -0.665. The second-order valence-electron chi connectivity index (χ2n) is 5.22. The van der Waals surface area contributed by atoms with Gasteiger partial charge in [0.1, 0.15) is 16.4 Å². The summed E-state index contributed by atoms with van der Waals surface area (Å²) in [4.78, 5) is 33.4. The average molecular weight is 343 g/mol. The second kappa shape index (κ2) is 6.48. The quantitative estimate of drug-likeness (QED) is 0.499. The molecule has 1 atom stereocenters. The monoisotopic (exact) mass is 343 g/mol. The summed E-state index contributed by atoms with van der Waals surface area (Å²) in [5, 5.41) is 15.8. The van der Waals surface area contributed by atoms with E-state index in [1.165, 1.54) is 24.3 Å². The Hall–Kier alpha value is -3.62. The number of nitrogens with one attached hydrogen (secondary N) is 2. The molecule has 0 unspecified atom stereocenters. The molecule has 9 nitrogen and oxygen atoms in total. The maximum absolute atomic E-state index is 11.9. The third-order valence-corrected chi connectivity index (χ3v) is 3.37. The van der Waals surface area contributed by atoms with Crippen molar-refractivity contribution in [1.29, 1.82) is 0 Å². The standard InChI is InChI=1S/C16H13N3O6/c1-9-16(21)18-12-8-10(2-5-13(12)24-9)17-14(20)6-3-11-4-7-15(25-11)19(22)23/h2-9H,1H3,(H,17,20)(H,18,21)/b6-3+/t9-/m1/s1. The highest BCUT2D eigenvalue weighted by Crippen LogP contribution is 2.32. The minimum Gasteiger partial charge on any atom is -0.479 e. The van der Waals surface area contributed by atoms with E-state index < -0.39 is 22.8 Å². The molecule has 0 fully saturated rings. The van der Waals surface area contributed by atoms with Crippen LogP contribution < -0.4 is 15.4 Å². The van der Waals surface area contributed by atoms with Crippen LogP contribution in [0, 0.1) is 10.1 Å². The lowest BCUT2D eigenvalue weighted by molar-refractivity contribution is -0.402. The molecule has 2 amide bonds. The largest absolute Gasteiger partial charge is 0.479 e. The normalized spacial score (nSPS) is 16.0. The fourth-order valence-electron chi connectivity index (χ4n) is 2.16. The topological polar surface area (TPSA) is 124 Å². The molecule has 25 heavy (non-hydrogen) atoms. The number of ether oxygens (including phenoxy) is 1. The van der Waals surface area contributed by atoms with Crippen molar-refractivity contribution in [2.45, 2.75) is 13.0 Å². The minimum absolute atomic E-state index is 0.182. The van der Waals surface area contributed by atoms with Crippen molar-refractivity contribution in [2.75, 3.05) is 10.6 Å². The van der Waals surface area contributed by atoms with E-state index in [4.69, 9.17) is 9.15 Å². The molecule has 0 saturated heterocycles. The van der Waals surface area contributed by atoms with E-state index in [0.717, 1.165) is 0 Å². The first-order valence-corrected chi connectivity index (χ1v) is 7.27. The Bertz CT molecular complexity index is 886. The van der Waals surface area contributed by atoms with Crippen LogP contribution in [0.3, 0.4) is 0 Å². The molecular formula is C16H13N3O6. The summed E-state index contributed by atoms with van der Waals surface area (Å²) in [5.41, 5.74) is 0.920. The molecule has 2 aromatic rings. The summed E-state index contributed by atoms with van der Waals surface area (Å²) in [5.74, 6) is -0.434. The number of benzene rings is 1. The first kappa shape index (κ1) is 16.2. The van der Waals surface area contributed by atoms with E-state index in [1.54, 1.807) is 25.1 Å². The van der Waals surface area contributed by atoms with Crippen LogP contribution >= 0.6 is 0 Å². The number of amides is 2. The average Bonchev–Trinajstić information content (AvgIpc) is 3.04. The van der Waals surface area contributed by atoms with Crippen LogP contribution in [0.2, 0.25) is 0 Å². The van der Waals surface area contributed by atoms with Gasteiger partial charge in [0.2, 0.25) is 5.91 Å². The SMILES string of the molecule is C[C@H]1Oc2ccc(NC(=O)/C=C/c3ccc([N+](=O)[O-])o3)cc2NC1=O. The van der Waals surface area contributed by atoms with Gasteiger partial charge in [0.25, 0.3) is 5.91 Å². The molecule has 2 N–H and O–H groups in total. The number of carbonyl (C=O) groups excluding carboxylic acids is 2. The first-order chi connectivity index (χ1) is 11.9. The van der Waals surface area contributed by atoms with Crippen molar-refractivity contribution in [3.8, 4) is 5.75 Å². The number of nitro groups is 1. The first-order valence-electron chi connectivity index (χ1n) is 7.27. The molecule has 0 saturated carbocycles. The lowest BCUT2D eigenvalue weighted by Gasteiger charge is -2.23. The van der Waals surface area contributed by atoms with Crippen molar-refractivity contribution >= 4 is 35.1 Å². The van der Waals surface area contributed by atoms with Gasteiger partial charge >= 0.3 is 5.88 Å². The predicted molar refractivity (Wildman–Crippen MR) is 88.2 cm³/mol. The zero-order valence-electron chi connectivity index (χ0n) is 13.0. The molecule has 2 heterocycles. The molecule has 1 aliphatic rings. The van der Waals surface area contributed by atoms with Crippen LogP contribution in [0.4, 0.5) is 17.3 Å². The molecule has 1 aliphatic heterocycles. The van der Waals surface area contributed by atoms with Gasteiger partial charge in [0, 0.05) is 11.8 Å². The highest BCUT2D eigenvalue weighted by atomic mass is 16.6. The van der Waals surface area contributed by atoms with E-state index in [-0.39, 0.29) is 11.7 Å². The van der Waals surface area contributed by atoms with Crippen molar-refractivity contribution in [3.05, 3.63) is 52.3 Å². The van der Waals surface area contributed by atoms with Crippen LogP contribution in [-0.2, 0) is 9.59 Å². The summed E-state index contributed by atoms with van der Waals surface area (Å²) < 4.78 is 10.3. The number of furan rings is 1. The molecule has 0 aliphatic carbocycles. The summed E-state index contributed by atoms with van der Waals surface area (Å²) in [7, 11) is 0. The number of anilines is 2. The zero-order valence-corrected chi connectivity index (χ0v) is 13.0.